The van der Waals surface area contributed by atoms with Gasteiger partial charge in [0.25, 0.3) is 22.6 Å². The molecule has 12 rings (SSSR count). The third-order valence-electron chi connectivity index (χ3n) is 18.8. The van der Waals surface area contributed by atoms with Gasteiger partial charge in [-0.3, -0.25) is 23.6 Å². The number of carbonyl (C=O) groups is 1. The molecule has 0 atom stereocenters. The summed E-state index contributed by atoms with van der Waals surface area (Å²) in [5, 5.41) is 3.20. The largest absolute Gasteiger partial charge is 0.344 e. The van der Waals surface area contributed by atoms with Gasteiger partial charge in [0.05, 0.1) is 33.9 Å². The molecule has 7 aromatic heterocycles. The Bertz CT molecular complexity index is 4660. The first kappa shape index (κ1) is 62.6. The zero-order valence-corrected chi connectivity index (χ0v) is 54.7. The van der Waals surface area contributed by atoms with Gasteiger partial charge in [-0.2, -0.15) is 0 Å². The molecule has 0 saturated carbocycles. The van der Waals surface area contributed by atoms with Gasteiger partial charge in [-0.15, -0.1) is 0 Å². The van der Waals surface area contributed by atoms with E-state index < -0.39 is 0 Å². The molecule has 4 aromatic carbocycles. The molecule has 0 bridgehead atoms. The summed E-state index contributed by atoms with van der Waals surface area (Å²) in [7, 11) is 5.37. The number of nitrogens with one attached hydrogen (secondary N) is 1. The molecule has 8 heterocycles. The molecule has 11 aromatic rings. The van der Waals surface area contributed by atoms with E-state index in [2.05, 4.69) is 194 Å². The number of aryl methyl sites for hydroxylation is 11. The van der Waals surface area contributed by atoms with Crippen molar-refractivity contribution in [1.29, 1.82) is 0 Å². The number of imidazole rings is 1. The van der Waals surface area contributed by atoms with Crippen LogP contribution in [0.4, 0.5) is 0 Å². The van der Waals surface area contributed by atoms with Crippen molar-refractivity contribution in [2.45, 2.75) is 148 Å². The van der Waals surface area contributed by atoms with Crippen LogP contribution in [0.2, 0.25) is 0 Å². The van der Waals surface area contributed by atoms with Gasteiger partial charge in [0.15, 0.2) is 0 Å². The molecule has 13 heteroatoms. The van der Waals surface area contributed by atoms with E-state index in [-0.39, 0.29) is 33.7 Å². The third kappa shape index (κ3) is 10.7. The highest BCUT2D eigenvalue weighted by Gasteiger charge is 2.48. The van der Waals surface area contributed by atoms with Gasteiger partial charge in [0.1, 0.15) is 28.1 Å². The number of hydrogen-bond acceptors (Lipinski definition) is 5. The highest BCUT2D eigenvalue weighted by atomic mass is 16.2. The monoisotopic (exact) mass is 1170 g/mol. The fraction of sp³-hybridized carbons (Fsp3) is 0.338. The maximum absolute atomic E-state index is 12.8. The van der Waals surface area contributed by atoms with E-state index in [1.165, 1.54) is 61.3 Å². The zero-order valence-electron chi connectivity index (χ0n) is 54.7. The standard InChI is InChI=1S/C21H28N2O.C19H22N2O.C18H20N2O.C16H17N3O/c1-8-15-11-9-10-12-16(15)17-13(2)14(3)18-19(24)22-20(4,5)21(6,7)23(17)18;1-6-15-9-7-8-10-16(15)17-13(3)14(4)18-19(22)20(5)11-12(2)21(17)18;1-5-14-8-6-7-9-15(14)16-12(2)13(3)17-18(21)19(4)10-11-20(16)17;1-4-12-7-5-6-8-13(12)15-17-11(2)14-16(20)18(3)9-10-19(14)15/h9-12H,8H2,1-7H3,(H,22,24);7-11H,6H2,1-5H3;6-11H,5H2,1-4H3;5-10H,4H2,1-3H3. The first-order valence-corrected chi connectivity index (χ1v) is 30.6. The molecule has 0 spiro atoms. The lowest BCUT2D eigenvalue weighted by atomic mass is 9.79. The number of aromatic nitrogens is 8. The number of amides is 1. The first-order valence-electron chi connectivity index (χ1n) is 30.6. The molecular weight excluding hydrogens is 1080 g/mol. The van der Waals surface area contributed by atoms with Crippen molar-refractivity contribution < 1.29 is 4.79 Å². The molecule has 0 fully saturated rings. The maximum Gasteiger partial charge on any atom is 0.276 e. The maximum atomic E-state index is 12.8. The average molecular weight is 1170 g/mol. The van der Waals surface area contributed by atoms with Crippen LogP contribution in [0.3, 0.4) is 0 Å². The predicted octanol–water partition coefficient (Wildman–Crippen LogP) is 14.4. The minimum absolute atomic E-state index is 0.0160. The fourth-order valence-electron chi connectivity index (χ4n) is 12.8. The van der Waals surface area contributed by atoms with Gasteiger partial charge >= 0.3 is 0 Å². The molecule has 1 aliphatic heterocycles. The van der Waals surface area contributed by atoms with Crippen LogP contribution >= 0.6 is 0 Å². The summed E-state index contributed by atoms with van der Waals surface area (Å²) in [6, 6.07) is 33.6. The van der Waals surface area contributed by atoms with Gasteiger partial charge in [0.2, 0.25) is 0 Å². The summed E-state index contributed by atoms with van der Waals surface area (Å²) < 4.78 is 13.2. The Labute approximate surface area is 512 Å². The Morgan fingerprint density at radius 1 is 0.425 bits per heavy atom. The van der Waals surface area contributed by atoms with Crippen LogP contribution in [0.1, 0.15) is 133 Å². The number of hydrogen-bond donors (Lipinski definition) is 1. The Morgan fingerprint density at radius 3 is 1.33 bits per heavy atom. The molecule has 452 valence electrons. The molecule has 1 amide bonds. The van der Waals surface area contributed by atoms with E-state index in [4.69, 9.17) is 0 Å². The quantitative estimate of drug-likeness (QED) is 0.162. The van der Waals surface area contributed by atoms with E-state index in [9.17, 15) is 19.2 Å². The second-order valence-electron chi connectivity index (χ2n) is 24.4. The topological polar surface area (TPSA) is 126 Å². The van der Waals surface area contributed by atoms with E-state index >= 15 is 0 Å². The molecule has 0 unspecified atom stereocenters. The van der Waals surface area contributed by atoms with Crippen molar-refractivity contribution >= 4 is 22.5 Å². The normalized spacial score (nSPS) is 13.2. The number of rotatable bonds is 8. The van der Waals surface area contributed by atoms with Gasteiger partial charge in [0, 0.05) is 80.1 Å². The van der Waals surface area contributed by atoms with Crippen molar-refractivity contribution in [2.75, 3.05) is 0 Å². The third-order valence-corrected chi connectivity index (χ3v) is 18.8. The Morgan fingerprint density at radius 2 is 0.816 bits per heavy atom. The molecule has 0 aliphatic carbocycles. The number of nitrogens with zero attached hydrogens (tertiary/aromatic N) is 8. The van der Waals surface area contributed by atoms with Crippen LogP contribution in [0, 0.1) is 55.4 Å². The van der Waals surface area contributed by atoms with Gasteiger partial charge in [-0.1, -0.05) is 125 Å². The van der Waals surface area contributed by atoms with Crippen molar-refractivity contribution in [3.8, 4) is 45.2 Å². The SMILES string of the molecule is CCc1ccccc1-c1c(C)c(C)c2c(=O)n(C)cc(C)n12.CCc1ccccc1-c1c(C)c(C)c2c(=O)n(C)ccn12.CCc1ccccc1-c1c(C)c(C)c2n1C(C)(C)C(C)(C)NC2=O.CCc1ccccc1-c1nc(C)c2c(=O)n(C)ccn12. The minimum Gasteiger partial charge on any atom is -0.344 e. The number of benzene rings is 4. The van der Waals surface area contributed by atoms with Crippen LogP contribution in [-0.2, 0) is 52.4 Å². The summed E-state index contributed by atoms with van der Waals surface area (Å²) in [5.74, 6) is 0.868. The highest BCUT2D eigenvalue weighted by Crippen LogP contribution is 2.44. The second-order valence-corrected chi connectivity index (χ2v) is 24.4. The average Bonchev–Trinajstić information content (AvgIpc) is 1.65. The summed E-state index contributed by atoms with van der Waals surface area (Å²) in [6.07, 6.45) is 13.3. The van der Waals surface area contributed by atoms with Crippen molar-refractivity contribution in [1.82, 2.24) is 41.8 Å². The lowest BCUT2D eigenvalue weighted by molar-refractivity contribution is 0.0704. The van der Waals surface area contributed by atoms with Gasteiger partial charge in [-0.25, -0.2) is 4.98 Å². The van der Waals surface area contributed by atoms with E-state index in [1.807, 2.05) is 73.5 Å². The molecule has 1 N–H and O–H groups in total. The van der Waals surface area contributed by atoms with Crippen molar-refractivity contribution in [2.24, 2.45) is 21.1 Å². The number of carbonyl (C=O) groups excluding carboxylic acids is 1. The molecule has 1 aliphatic rings. The summed E-state index contributed by atoms with van der Waals surface area (Å²) >= 11 is 0. The second kappa shape index (κ2) is 24.4. The van der Waals surface area contributed by atoms with Gasteiger partial charge in [-0.05, 0) is 164 Å². The van der Waals surface area contributed by atoms with E-state index in [0.29, 0.717) is 5.52 Å². The van der Waals surface area contributed by atoms with E-state index in [1.54, 1.807) is 34.0 Å². The lowest BCUT2D eigenvalue weighted by Gasteiger charge is -2.48. The molecule has 0 saturated heterocycles. The van der Waals surface area contributed by atoms with Crippen molar-refractivity contribution in [3.63, 3.8) is 0 Å². The van der Waals surface area contributed by atoms with Crippen LogP contribution < -0.4 is 22.0 Å². The molecule has 87 heavy (non-hydrogen) atoms. The Balaban J connectivity index is 0.000000139. The Kier molecular flexibility index (Phi) is 17.6. The van der Waals surface area contributed by atoms with Crippen LogP contribution in [0.25, 0.3) is 61.7 Å². The Hall–Kier alpha value is -8.97. The summed E-state index contributed by atoms with van der Waals surface area (Å²) in [5.41, 5.74) is 24.6. The zero-order chi connectivity index (χ0) is 63.3. The minimum atomic E-state index is -0.328. The van der Waals surface area contributed by atoms with Crippen LogP contribution in [0.15, 0.2) is 142 Å². The lowest BCUT2D eigenvalue weighted by Crippen LogP contribution is -2.63. The first-order chi connectivity index (χ1) is 41.3. The van der Waals surface area contributed by atoms with Crippen LogP contribution in [-0.4, -0.2) is 47.9 Å². The molecular formula is C74H87N9O4. The summed E-state index contributed by atoms with van der Waals surface area (Å²) in [6.45, 7) is 33.7. The van der Waals surface area contributed by atoms with Crippen LogP contribution in [0.5, 0.6) is 0 Å². The fourth-order valence-corrected chi connectivity index (χ4v) is 12.8. The smallest absolute Gasteiger partial charge is 0.276 e. The van der Waals surface area contributed by atoms with Crippen molar-refractivity contribution in [3.05, 3.63) is 232 Å². The molecule has 0 radical (unpaired) electrons. The summed E-state index contributed by atoms with van der Waals surface area (Å²) in [4.78, 5) is 54.7. The number of fused-ring (bicyclic) bond motifs is 4. The molecule has 13 nitrogen and oxygen atoms in total. The highest BCUT2D eigenvalue weighted by molar-refractivity contribution is 5.98. The van der Waals surface area contributed by atoms with Gasteiger partial charge < -0.3 is 32.4 Å². The predicted molar refractivity (Wildman–Crippen MR) is 358 cm³/mol. The van der Waals surface area contributed by atoms with E-state index in [0.717, 1.165) is 93.3 Å².